The summed E-state index contributed by atoms with van der Waals surface area (Å²) in [6.45, 7) is 2.51. The number of rotatable bonds is 3. The van der Waals surface area contributed by atoms with Gasteiger partial charge in [0.1, 0.15) is 0 Å². The molecular formula is C14H13BrClNOS. The molecule has 1 aromatic heterocycles. The lowest BCUT2D eigenvalue weighted by atomic mass is 10.1. The molecule has 0 bridgehead atoms. The Hall–Kier alpha value is -0.840. The van der Waals surface area contributed by atoms with Crippen LogP contribution in [0.5, 0.6) is 0 Å². The van der Waals surface area contributed by atoms with Gasteiger partial charge < -0.3 is 4.90 Å². The molecule has 5 heteroatoms. The van der Waals surface area contributed by atoms with Gasteiger partial charge in [0.2, 0.25) is 0 Å². The Morgan fingerprint density at radius 3 is 2.74 bits per heavy atom. The van der Waals surface area contributed by atoms with Crippen molar-refractivity contribution in [2.24, 2.45) is 0 Å². The zero-order chi connectivity index (χ0) is 14.0. The molecule has 0 spiro atoms. The first-order valence-corrected chi connectivity index (χ1v) is 7.77. The number of carbonyl (C=O) groups excluding carboxylic acids is 1. The molecule has 1 heterocycles. The summed E-state index contributed by atoms with van der Waals surface area (Å²) in [4.78, 5) is 15.2. The maximum atomic E-state index is 12.4. The van der Waals surface area contributed by atoms with E-state index in [2.05, 4.69) is 15.9 Å². The summed E-state index contributed by atoms with van der Waals surface area (Å²) < 4.78 is 1.05. The summed E-state index contributed by atoms with van der Waals surface area (Å²) in [5.41, 5.74) is 1.60. The minimum atomic E-state index is 0.0127. The van der Waals surface area contributed by atoms with Gasteiger partial charge in [-0.15, -0.1) is 11.3 Å². The van der Waals surface area contributed by atoms with Gasteiger partial charge in [0.05, 0.1) is 6.54 Å². The Morgan fingerprint density at radius 2 is 2.16 bits per heavy atom. The Labute approximate surface area is 130 Å². The van der Waals surface area contributed by atoms with Crippen LogP contribution >= 0.6 is 38.9 Å². The maximum absolute atomic E-state index is 12.4. The van der Waals surface area contributed by atoms with E-state index in [0.717, 1.165) is 14.9 Å². The van der Waals surface area contributed by atoms with Gasteiger partial charge in [0.15, 0.2) is 0 Å². The molecule has 0 saturated heterocycles. The highest BCUT2D eigenvalue weighted by atomic mass is 79.9. The summed E-state index contributed by atoms with van der Waals surface area (Å²) in [6.07, 6.45) is 0. The number of nitrogens with zero attached hydrogens (tertiary/aromatic N) is 1. The maximum Gasteiger partial charge on any atom is 0.254 e. The van der Waals surface area contributed by atoms with Gasteiger partial charge in [0, 0.05) is 32.4 Å². The van der Waals surface area contributed by atoms with E-state index >= 15 is 0 Å². The molecule has 100 valence electrons. The predicted molar refractivity (Wildman–Crippen MR) is 84.0 cm³/mol. The van der Waals surface area contributed by atoms with Crippen molar-refractivity contribution in [3.8, 4) is 0 Å². The van der Waals surface area contributed by atoms with Crippen molar-refractivity contribution < 1.29 is 4.79 Å². The van der Waals surface area contributed by atoms with Gasteiger partial charge in [-0.1, -0.05) is 11.6 Å². The summed E-state index contributed by atoms with van der Waals surface area (Å²) in [5, 5.41) is 2.67. The molecule has 0 unspecified atom stereocenters. The SMILES string of the molecule is Cc1cc(Cl)ccc1C(=O)N(C)Cc1cc(Br)cs1. The zero-order valence-corrected chi connectivity index (χ0v) is 13.8. The molecular weight excluding hydrogens is 346 g/mol. The number of hydrogen-bond donors (Lipinski definition) is 0. The van der Waals surface area contributed by atoms with E-state index < -0.39 is 0 Å². The van der Waals surface area contributed by atoms with Crippen LogP contribution in [0, 0.1) is 6.92 Å². The van der Waals surface area contributed by atoms with Crippen LogP contribution in [0.1, 0.15) is 20.8 Å². The van der Waals surface area contributed by atoms with Crippen molar-refractivity contribution in [1.29, 1.82) is 0 Å². The highest BCUT2D eigenvalue weighted by Crippen LogP contribution is 2.22. The van der Waals surface area contributed by atoms with Crippen molar-refractivity contribution in [2.45, 2.75) is 13.5 Å². The van der Waals surface area contributed by atoms with Crippen molar-refractivity contribution in [1.82, 2.24) is 4.90 Å². The van der Waals surface area contributed by atoms with Crippen LogP contribution < -0.4 is 0 Å². The van der Waals surface area contributed by atoms with Crippen LogP contribution in [0.15, 0.2) is 34.1 Å². The predicted octanol–water partition coefficient (Wildman–Crippen LogP) is 4.74. The molecule has 0 aliphatic carbocycles. The molecule has 0 N–H and O–H groups in total. The lowest BCUT2D eigenvalue weighted by molar-refractivity contribution is 0.0786. The van der Waals surface area contributed by atoms with E-state index in [1.807, 2.05) is 31.5 Å². The van der Waals surface area contributed by atoms with Crippen LogP contribution in [0.25, 0.3) is 0 Å². The second-order valence-electron chi connectivity index (χ2n) is 4.35. The smallest absolute Gasteiger partial charge is 0.254 e. The van der Waals surface area contributed by atoms with E-state index in [0.29, 0.717) is 17.1 Å². The third-order valence-corrected chi connectivity index (χ3v) is 4.70. The van der Waals surface area contributed by atoms with Crippen LogP contribution in [-0.2, 0) is 6.54 Å². The fourth-order valence-corrected chi connectivity index (χ4v) is 3.55. The third-order valence-electron chi connectivity index (χ3n) is 2.78. The molecule has 0 aliphatic rings. The van der Waals surface area contributed by atoms with E-state index in [-0.39, 0.29) is 5.91 Å². The number of amides is 1. The molecule has 0 saturated carbocycles. The minimum absolute atomic E-state index is 0.0127. The van der Waals surface area contributed by atoms with Crippen molar-refractivity contribution in [3.05, 3.63) is 55.1 Å². The van der Waals surface area contributed by atoms with Gasteiger partial charge >= 0.3 is 0 Å². The average Bonchev–Trinajstić information content (AvgIpc) is 2.74. The number of hydrogen-bond acceptors (Lipinski definition) is 2. The van der Waals surface area contributed by atoms with Crippen LogP contribution in [0.2, 0.25) is 5.02 Å². The average molecular weight is 359 g/mol. The van der Waals surface area contributed by atoms with E-state index in [1.54, 1.807) is 28.4 Å². The normalized spacial score (nSPS) is 10.5. The molecule has 0 radical (unpaired) electrons. The first-order valence-electron chi connectivity index (χ1n) is 5.72. The summed E-state index contributed by atoms with van der Waals surface area (Å²) >= 11 is 11.0. The van der Waals surface area contributed by atoms with Crippen LogP contribution in [0.3, 0.4) is 0 Å². The van der Waals surface area contributed by atoms with Crippen LogP contribution in [-0.4, -0.2) is 17.9 Å². The van der Waals surface area contributed by atoms with Gasteiger partial charge in [-0.3, -0.25) is 4.79 Å². The van der Waals surface area contributed by atoms with Crippen molar-refractivity contribution >= 4 is 44.8 Å². The summed E-state index contributed by atoms with van der Waals surface area (Å²) in [6, 6.07) is 7.37. The highest BCUT2D eigenvalue weighted by Gasteiger charge is 2.15. The molecule has 0 aliphatic heterocycles. The Bertz CT molecular complexity index is 611. The number of benzene rings is 1. The lowest BCUT2D eigenvalue weighted by Gasteiger charge is -2.17. The molecule has 19 heavy (non-hydrogen) atoms. The molecule has 1 aromatic carbocycles. The van der Waals surface area contributed by atoms with Crippen molar-refractivity contribution in [3.63, 3.8) is 0 Å². The number of aryl methyl sites for hydroxylation is 1. The third kappa shape index (κ3) is 3.59. The summed E-state index contributed by atoms with van der Waals surface area (Å²) in [5.74, 6) is 0.0127. The highest BCUT2D eigenvalue weighted by molar-refractivity contribution is 9.10. The molecule has 2 rings (SSSR count). The standard InChI is InChI=1S/C14H13BrClNOS/c1-9-5-11(16)3-4-13(9)14(18)17(2)7-12-6-10(15)8-19-12/h3-6,8H,7H2,1-2H3. The largest absolute Gasteiger partial charge is 0.337 e. The molecule has 2 nitrogen and oxygen atoms in total. The fraction of sp³-hybridized carbons (Fsp3) is 0.214. The van der Waals surface area contributed by atoms with E-state index in [1.165, 1.54) is 0 Å². The first-order chi connectivity index (χ1) is 8.97. The monoisotopic (exact) mass is 357 g/mol. The van der Waals surface area contributed by atoms with Gasteiger partial charge in [-0.2, -0.15) is 0 Å². The second-order valence-corrected chi connectivity index (χ2v) is 6.70. The number of halogens is 2. The van der Waals surface area contributed by atoms with E-state index in [4.69, 9.17) is 11.6 Å². The van der Waals surface area contributed by atoms with Gasteiger partial charge in [0.25, 0.3) is 5.91 Å². The molecule has 0 fully saturated rings. The number of thiophene rings is 1. The first kappa shape index (κ1) is 14.6. The Balaban J connectivity index is 2.14. The van der Waals surface area contributed by atoms with Crippen molar-refractivity contribution in [2.75, 3.05) is 7.05 Å². The fourth-order valence-electron chi connectivity index (χ4n) is 1.81. The topological polar surface area (TPSA) is 20.3 Å². The summed E-state index contributed by atoms with van der Waals surface area (Å²) in [7, 11) is 1.81. The van der Waals surface area contributed by atoms with Crippen LogP contribution in [0.4, 0.5) is 0 Å². The van der Waals surface area contributed by atoms with Gasteiger partial charge in [-0.05, 0) is 52.7 Å². The molecule has 1 amide bonds. The van der Waals surface area contributed by atoms with Gasteiger partial charge in [-0.25, -0.2) is 0 Å². The molecule has 0 atom stereocenters. The van der Waals surface area contributed by atoms with E-state index in [9.17, 15) is 4.79 Å². The minimum Gasteiger partial charge on any atom is -0.337 e. The Morgan fingerprint density at radius 1 is 1.42 bits per heavy atom. The second kappa shape index (κ2) is 6.07. The quantitative estimate of drug-likeness (QED) is 0.775. The lowest BCUT2D eigenvalue weighted by Crippen LogP contribution is -2.26. The molecule has 2 aromatic rings. The zero-order valence-electron chi connectivity index (χ0n) is 10.6. The Kier molecular flexibility index (Phi) is 4.66. The number of carbonyl (C=O) groups is 1.